The highest BCUT2D eigenvalue weighted by Gasteiger charge is 2.14. The molecule has 2 aromatic carbocycles. The first-order valence-corrected chi connectivity index (χ1v) is 6.08. The lowest BCUT2D eigenvalue weighted by atomic mass is 10.2. The Morgan fingerprint density at radius 1 is 0.857 bits per heavy atom. The van der Waals surface area contributed by atoms with Crippen LogP contribution < -0.4 is 5.56 Å². The molecule has 21 heavy (non-hydrogen) atoms. The van der Waals surface area contributed by atoms with Crippen molar-refractivity contribution in [1.29, 1.82) is 0 Å². The third-order valence-corrected chi connectivity index (χ3v) is 3.04. The van der Waals surface area contributed by atoms with Crippen molar-refractivity contribution in [2.75, 3.05) is 0 Å². The summed E-state index contributed by atoms with van der Waals surface area (Å²) < 4.78 is 40.7. The van der Waals surface area contributed by atoms with Gasteiger partial charge in [-0.25, -0.2) is 17.9 Å². The van der Waals surface area contributed by atoms with Crippen molar-refractivity contribution in [3.63, 3.8) is 0 Å². The molecule has 1 heterocycles. The Labute approximate surface area is 117 Å². The van der Waals surface area contributed by atoms with Gasteiger partial charge in [0.05, 0.1) is 5.69 Å². The second kappa shape index (κ2) is 4.97. The first-order valence-electron chi connectivity index (χ1n) is 6.08. The first-order chi connectivity index (χ1) is 10.1. The molecule has 1 aromatic heterocycles. The Bertz CT molecular complexity index is 853. The molecule has 3 rings (SSSR count). The molecule has 0 bridgehead atoms. The van der Waals surface area contributed by atoms with Crippen LogP contribution in [0.2, 0.25) is 0 Å². The molecule has 0 aliphatic carbocycles. The number of hydrogen-bond donors (Lipinski definition) is 1. The fraction of sp³-hybridized carbons (Fsp3) is 0. The van der Waals surface area contributed by atoms with Gasteiger partial charge in [-0.3, -0.25) is 9.89 Å². The monoisotopic (exact) mass is 290 g/mol. The van der Waals surface area contributed by atoms with Crippen LogP contribution in [0.5, 0.6) is 0 Å². The van der Waals surface area contributed by atoms with Gasteiger partial charge in [0.15, 0.2) is 17.5 Å². The minimum absolute atomic E-state index is 0.374. The largest absolute Gasteiger partial charge is 0.290 e. The maximum atomic E-state index is 13.7. The zero-order valence-electron chi connectivity index (χ0n) is 10.6. The number of nitrogens with one attached hydrogen (secondary N) is 1. The van der Waals surface area contributed by atoms with Crippen molar-refractivity contribution in [3.8, 4) is 16.9 Å². The zero-order chi connectivity index (χ0) is 15.0. The number of H-pyrrole nitrogens is 1. The highest BCUT2D eigenvalue weighted by molar-refractivity contribution is 5.58. The van der Waals surface area contributed by atoms with E-state index in [4.69, 9.17) is 0 Å². The van der Waals surface area contributed by atoms with Crippen LogP contribution in [0.3, 0.4) is 0 Å². The maximum Gasteiger partial charge on any atom is 0.271 e. The predicted octanol–water partition coefficient (Wildman–Crippen LogP) is 3.25. The van der Waals surface area contributed by atoms with Crippen molar-refractivity contribution in [2.45, 2.75) is 0 Å². The number of rotatable bonds is 2. The van der Waals surface area contributed by atoms with Crippen molar-refractivity contribution in [2.24, 2.45) is 0 Å². The molecule has 3 nitrogen and oxygen atoms in total. The molecule has 0 saturated carbocycles. The Balaban J connectivity index is 2.15. The summed E-state index contributed by atoms with van der Waals surface area (Å²) in [5.41, 5.74) is 0.223. The lowest BCUT2D eigenvalue weighted by Crippen LogP contribution is -2.15. The molecule has 0 spiro atoms. The van der Waals surface area contributed by atoms with E-state index >= 15 is 0 Å². The number of halogens is 3. The van der Waals surface area contributed by atoms with E-state index in [0.717, 1.165) is 10.2 Å². The molecule has 0 atom stereocenters. The number of hydrogen-bond acceptors (Lipinski definition) is 1. The molecule has 0 aliphatic heterocycles. The third-order valence-electron chi connectivity index (χ3n) is 3.04. The van der Waals surface area contributed by atoms with Crippen LogP contribution in [-0.4, -0.2) is 9.78 Å². The second-order valence-electron chi connectivity index (χ2n) is 4.43. The SMILES string of the molecule is O=c1cc(-c2ccccc2)[nH]n1-c1cc(F)c(F)cc1F. The first kappa shape index (κ1) is 13.2. The average Bonchev–Trinajstić information content (AvgIpc) is 2.86. The van der Waals surface area contributed by atoms with Crippen molar-refractivity contribution in [1.82, 2.24) is 9.78 Å². The number of aromatic amines is 1. The minimum Gasteiger partial charge on any atom is -0.290 e. The van der Waals surface area contributed by atoms with Crippen LogP contribution in [0.15, 0.2) is 53.3 Å². The number of nitrogens with zero attached hydrogens (tertiary/aromatic N) is 1. The number of benzene rings is 2. The summed E-state index contributed by atoms with van der Waals surface area (Å²) in [7, 11) is 0. The lowest BCUT2D eigenvalue weighted by Gasteiger charge is -2.05. The molecule has 106 valence electrons. The van der Waals surface area contributed by atoms with Gasteiger partial charge >= 0.3 is 0 Å². The summed E-state index contributed by atoms with van der Waals surface area (Å²) in [6.45, 7) is 0. The highest BCUT2D eigenvalue weighted by Crippen LogP contribution is 2.19. The maximum absolute atomic E-state index is 13.7. The normalized spacial score (nSPS) is 10.8. The van der Waals surface area contributed by atoms with E-state index in [0.29, 0.717) is 17.8 Å². The fourth-order valence-corrected chi connectivity index (χ4v) is 2.02. The van der Waals surface area contributed by atoms with Gasteiger partial charge in [0.25, 0.3) is 5.56 Å². The van der Waals surface area contributed by atoms with Gasteiger partial charge < -0.3 is 0 Å². The molecule has 0 saturated heterocycles. The number of aromatic nitrogens is 2. The van der Waals surface area contributed by atoms with Crippen molar-refractivity contribution < 1.29 is 13.2 Å². The summed E-state index contributed by atoms with van der Waals surface area (Å²) in [6.07, 6.45) is 0. The Kier molecular flexibility index (Phi) is 3.13. The van der Waals surface area contributed by atoms with Gasteiger partial charge in [0.1, 0.15) is 5.69 Å². The van der Waals surface area contributed by atoms with Crippen LogP contribution in [0, 0.1) is 17.5 Å². The quantitative estimate of drug-likeness (QED) is 0.723. The van der Waals surface area contributed by atoms with Gasteiger partial charge in [0.2, 0.25) is 0 Å². The average molecular weight is 290 g/mol. The molecule has 0 fully saturated rings. The van der Waals surface area contributed by atoms with Crippen molar-refractivity contribution in [3.05, 3.63) is 76.3 Å². The Morgan fingerprint density at radius 2 is 1.52 bits per heavy atom. The summed E-state index contributed by atoms with van der Waals surface area (Å²) in [5, 5.41) is 2.68. The van der Waals surface area contributed by atoms with E-state index in [2.05, 4.69) is 5.10 Å². The molecular formula is C15H9F3N2O. The van der Waals surface area contributed by atoms with Crippen molar-refractivity contribution >= 4 is 0 Å². The lowest BCUT2D eigenvalue weighted by molar-refractivity contribution is 0.491. The zero-order valence-corrected chi connectivity index (χ0v) is 10.6. The molecule has 0 radical (unpaired) electrons. The molecular weight excluding hydrogens is 281 g/mol. The van der Waals surface area contributed by atoms with Crippen LogP contribution >= 0.6 is 0 Å². The molecule has 3 aromatic rings. The van der Waals surface area contributed by atoms with E-state index in [9.17, 15) is 18.0 Å². The summed E-state index contributed by atoms with van der Waals surface area (Å²) in [4.78, 5) is 11.9. The summed E-state index contributed by atoms with van der Waals surface area (Å²) in [6, 6.07) is 11.2. The minimum atomic E-state index is -1.31. The summed E-state index contributed by atoms with van der Waals surface area (Å²) >= 11 is 0. The van der Waals surface area contributed by atoms with Crippen LogP contribution in [0.25, 0.3) is 16.9 Å². The van der Waals surface area contributed by atoms with Gasteiger partial charge in [-0.2, -0.15) is 0 Å². The van der Waals surface area contributed by atoms with E-state index in [1.165, 1.54) is 6.07 Å². The molecule has 6 heteroatoms. The topological polar surface area (TPSA) is 37.8 Å². The Hall–Kier alpha value is -2.76. The molecule has 0 aliphatic rings. The second-order valence-corrected chi connectivity index (χ2v) is 4.43. The highest BCUT2D eigenvalue weighted by atomic mass is 19.2. The molecule has 0 unspecified atom stereocenters. The third kappa shape index (κ3) is 2.35. The standard InChI is InChI=1S/C15H9F3N2O/c16-10-6-12(18)14(7-11(10)17)20-15(21)8-13(19-20)9-4-2-1-3-5-9/h1-8,19H. The predicted molar refractivity (Wildman–Crippen MR) is 71.7 cm³/mol. The van der Waals surface area contributed by atoms with E-state index in [1.54, 1.807) is 24.3 Å². The molecule has 0 amide bonds. The van der Waals surface area contributed by atoms with E-state index in [1.807, 2.05) is 6.07 Å². The van der Waals surface area contributed by atoms with E-state index in [-0.39, 0.29) is 5.69 Å². The van der Waals surface area contributed by atoms with Gasteiger partial charge in [-0.1, -0.05) is 30.3 Å². The van der Waals surface area contributed by atoms with Crippen LogP contribution in [-0.2, 0) is 0 Å². The van der Waals surface area contributed by atoms with Gasteiger partial charge in [-0.15, -0.1) is 0 Å². The summed E-state index contributed by atoms with van der Waals surface area (Å²) in [5.74, 6) is -3.56. The van der Waals surface area contributed by atoms with E-state index < -0.39 is 23.0 Å². The van der Waals surface area contributed by atoms with Gasteiger partial charge in [0, 0.05) is 18.2 Å². The van der Waals surface area contributed by atoms with Crippen LogP contribution in [0.1, 0.15) is 0 Å². The smallest absolute Gasteiger partial charge is 0.271 e. The fourth-order valence-electron chi connectivity index (χ4n) is 2.02. The van der Waals surface area contributed by atoms with Crippen LogP contribution in [0.4, 0.5) is 13.2 Å². The van der Waals surface area contributed by atoms with Gasteiger partial charge in [-0.05, 0) is 5.56 Å². The molecule has 1 N–H and O–H groups in total. The Morgan fingerprint density at radius 3 is 2.24 bits per heavy atom.